The van der Waals surface area contributed by atoms with Gasteiger partial charge in [0, 0.05) is 12.8 Å². The Morgan fingerprint density at radius 2 is 1.92 bits per heavy atom. The topological polar surface area (TPSA) is 84.6 Å². The second kappa shape index (κ2) is 5.29. The number of nitrogens with one attached hydrogen (secondary N) is 1. The number of hydrogen-bond donors (Lipinski definition) is 2. The van der Waals surface area contributed by atoms with Crippen molar-refractivity contribution in [3.8, 4) is 0 Å². The number of carbonyl (C=O) groups excluding carboxylic acids is 2. The van der Waals surface area contributed by atoms with Crippen molar-refractivity contribution in [2.45, 2.75) is 26.7 Å². The average molecular weight is 171 g/mol. The van der Waals surface area contributed by atoms with Gasteiger partial charge < -0.3 is 5.73 Å². The molecule has 0 saturated heterocycles. The van der Waals surface area contributed by atoms with Gasteiger partial charge in [-0.3, -0.25) is 14.9 Å². The largest absolute Gasteiger partial charge is 0.369 e. The summed E-state index contributed by atoms with van der Waals surface area (Å²) in [4.78, 5) is 24.8. The van der Waals surface area contributed by atoms with Crippen LogP contribution in [0.2, 0.25) is 0 Å². The zero-order valence-corrected chi connectivity index (χ0v) is 7.26. The van der Waals surface area contributed by atoms with Crippen LogP contribution < -0.4 is 11.1 Å². The molecule has 0 saturated carbocycles. The minimum atomic E-state index is -0.344. The summed E-state index contributed by atoms with van der Waals surface area (Å²) in [5.74, 6) is -0.724. The zero-order valence-electron chi connectivity index (χ0n) is 7.26. The van der Waals surface area contributed by atoms with Gasteiger partial charge in [0.05, 0.1) is 0 Å². The lowest BCUT2D eigenvalue weighted by Crippen LogP contribution is -2.36. The number of amides is 2. The van der Waals surface area contributed by atoms with Crippen LogP contribution in [0.5, 0.6) is 0 Å². The highest BCUT2D eigenvalue weighted by molar-refractivity contribution is 6.00. The van der Waals surface area contributed by atoms with E-state index < -0.39 is 0 Å². The van der Waals surface area contributed by atoms with E-state index in [-0.39, 0.29) is 24.2 Å². The van der Waals surface area contributed by atoms with Crippen LogP contribution in [0.25, 0.3) is 0 Å². The van der Waals surface area contributed by atoms with Gasteiger partial charge in [-0.1, -0.05) is 13.8 Å². The second-order valence-corrected chi connectivity index (χ2v) is 2.15. The molecule has 12 heavy (non-hydrogen) atoms. The highest BCUT2D eigenvalue weighted by Gasteiger charge is 2.00. The maximum absolute atomic E-state index is 10.7. The fraction of sp³-hybridized carbons (Fsp3) is 0.571. The van der Waals surface area contributed by atoms with Crippen LogP contribution in [0.15, 0.2) is 4.99 Å². The van der Waals surface area contributed by atoms with Crippen LogP contribution in [-0.2, 0) is 9.59 Å². The van der Waals surface area contributed by atoms with Gasteiger partial charge in [-0.05, 0) is 0 Å². The van der Waals surface area contributed by atoms with E-state index in [1.807, 2.05) is 0 Å². The summed E-state index contributed by atoms with van der Waals surface area (Å²) >= 11 is 0. The van der Waals surface area contributed by atoms with Crippen molar-refractivity contribution in [2.75, 3.05) is 0 Å². The summed E-state index contributed by atoms with van der Waals surface area (Å²) in [6.45, 7) is 3.35. The van der Waals surface area contributed by atoms with Crippen molar-refractivity contribution in [1.29, 1.82) is 0 Å². The first kappa shape index (κ1) is 10.6. The SMILES string of the molecule is CCC(=O)N=C(N)NC(=O)CC. The first-order valence-corrected chi connectivity index (χ1v) is 3.77. The number of aliphatic imine (C=N–C) groups is 1. The van der Waals surface area contributed by atoms with Crippen molar-refractivity contribution >= 4 is 17.8 Å². The lowest BCUT2D eigenvalue weighted by Gasteiger charge is -1.99. The number of carbonyl (C=O) groups is 2. The molecule has 0 aliphatic carbocycles. The molecule has 0 aromatic heterocycles. The first-order valence-electron chi connectivity index (χ1n) is 3.77. The predicted octanol–water partition coefficient (Wildman–Crippen LogP) is -0.236. The lowest BCUT2D eigenvalue weighted by atomic mass is 10.4. The van der Waals surface area contributed by atoms with Crippen LogP contribution >= 0.6 is 0 Å². The Morgan fingerprint density at radius 1 is 1.33 bits per heavy atom. The fourth-order valence-electron chi connectivity index (χ4n) is 0.473. The van der Waals surface area contributed by atoms with Gasteiger partial charge in [-0.25, -0.2) is 0 Å². The average Bonchev–Trinajstić information content (AvgIpc) is 2.03. The first-order chi connectivity index (χ1) is 5.60. The minimum Gasteiger partial charge on any atom is -0.369 e. The van der Waals surface area contributed by atoms with Gasteiger partial charge >= 0.3 is 0 Å². The van der Waals surface area contributed by atoms with E-state index >= 15 is 0 Å². The van der Waals surface area contributed by atoms with Crippen molar-refractivity contribution in [1.82, 2.24) is 5.32 Å². The molecule has 0 aromatic carbocycles. The van der Waals surface area contributed by atoms with Crippen molar-refractivity contribution in [2.24, 2.45) is 10.7 Å². The molecule has 68 valence electrons. The maximum atomic E-state index is 10.7. The summed E-state index contributed by atoms with van der Waals surface area (Å²) < 4.78 is 0. The van der Waals surface area contributed by atoms with Gasteiger partial charge in [0.25, 0.3) is 0 Å². The smallest absolute Gasteiger partial charge is 0.248 e. The Kier molecular flexibility index (Phi) is 4.67. The van der Waals surface area contributed by atoms with Gasteiger partial charge in [0.1, 0.15) is 0 Å². The van der Waals surface area contributed by atoms with Gasteiger partial charge in [-0.2, -0.15) is 4.99 Å². The Hall–Kier alpha value is -1.39. The summed E-state index contributed by atoms with van der Waals surface area (Å²) in [6.07, 6.45) is 0.596. The molecule has 0 unspecified atom stereocenters. The van der Waals surface area contributed by atoms with Crippen molar-refractivity contribution in [3.63, 3.8) is 0 Å². The molecule has 0 heterocycles. The number of nitrogens with zero attached hydrogens (tertiary/aromatic N) is 1. The standard InChI is InChI=1S/C7H13N3O2/c1-3-5(11)9-7(8)10-6(12)4-2/h3-4H2,1-2H3,(H3,8,9,10,11,12). The van der Waals surface area contributed by atoms with Gasteiger partial charge in [0.2, 0.25) is 17.8 Å². The van der Waals surface area contributed by atoms with Gasteiger partial charge in [0.15, 0.2) is 0 Å². The molecule has 0 bridgehead atoms. The minimum absolute atomic E-state index is 0.131. The van der Waals surface area contributed by atoms with Crippen LogP contribution in [0.3, 0.4) is 0 Å². The normalized spacial score (nSPS) is 11.0. The van der Waals surface area contributed by atoms with E-state index in [1.54, 1.807) is 13.8 Å². The number of hydrogen-bond acceptors (Lipinski definition) is 2. The molecule has 3 N–H and O–H groups in total. The van der Waals surface area contributed by atoms with E-state index in [1.165, 1.54) is 0 Å². The van der Waals surface area contributed by atoms with E-state index in [0.29, 0.717) is 6.42 Å². The monoisotopic (exact) mass is 171 g/mol. The number of rotatable bonds is 2. The van der Waals surface area contributed by atoms with Gasteiger partial charge in [-0.15, -0.1) is 0 Å². The third-order valence-corrected chi connectivity index (χ3v) is 1.14. The highest BCUT2D eigenvalue weighted by atomic mass is 16.2. The summed E-state index contributed by atoms with van der Waals surface area (Å²) in [5.41, 5.74) is 5.22. The Balaban J connectivity index is 4.02. The molecule has 5 nitrogen and oxygen atoms in total. The molecule has 5 heteroatoms. The lowest BCUT2D eigenvalue weighted by molar-refractivity contribution is -0.119. The van der Waals surface area contributed by atoms with E-state index in [9.17, 15) is 9.59 Å². The maximum Gasteiger partial charge on any atom is 0.248 e. The molecule has 0 rings (SSSR count). The van der Waals surface area contributed by atoms with E-state index in [0.717, 1.165) is 0 Å². The molecular weight excluding hydrogens is 158 g/mol. The predicted molar refractivity (Wildman–Crippen MR) is 45.4 cm³/mol. The zero-order chi connectivity index (χ0) is 9.56. The number of guanidine groups is 1. The summed E-state index contributed by atoms with van der Waals surface area (Å²) in [7, 11) is 0. The molecule has 0 aliphatic rings. The van der Waals surface area contributed by atoms with Crippen LogP contribution in [0.4, 0.5) is 0 Å². The van der Waals surface area contributed by atoms with Crippen LogP contribution in [-0.4, -0.2) is 17.8 Å². The molecule has 0 aliphatic heterocycles. The molecule has 0 aromatic rings. The summed E-state index contributed by atoms with van der Waals surface area (Å²) in [6, 6.07) is 0. The molecule has 0 fully saturated rings. The quantitative estimate of drug-likeness (QED) is 0.444. The third-order valence-electron chi connectivity index (χ3n) is 1.14. The van der Waals surface area contributed by atoms with Crippen LogP contribution in [0.1, 0.15) is 26.7 Å². The van der Waals surface area contributed by atoms with E-state index in [2.05, 4.69) is 10.3 Å². The third kappa shape index (κ3) is 4.43. The van der Waals surface area contributed by atoms with Crippen LogP contribution in [0, 0.1) is 0 Å². The fourth-order valence-corrected chi connectivity index (χ4v) is 0.473. The Bertz CT molecular complexity index is 211. The molecule has 0 spiro atoms. The molecule has 2 amide bonds. The highest BCUT2D eigenvalue weighted by Crippen LogP contribution is 1.81. The van der Waals surface area contributed by atoms with Crippen molar-refractivity contribution in [3.05, 3.63) is 0 Å². The molecule has 0 radical (unpaired) electrons. The number of nitrogens with two attached hydrogens (primary N) is 1. The Morgan fingerprint density at radius 3 is 2.33 bits per heavy atom. The molecular formula is C7H13N3O2. The Labute approximate surface area is 71.0 Å². The van der Waals surface area contributed by atoms with Crippen molar-refractivity contribution < 1.29 is 9.59 Å². The second-order valence-electron chi connectivity index (χ2n) is 2.15. The summed E-state index contributed by atoms with van der Waals surface area (Å²) in [5, 5.41) is 2.26. The molecule has 0 atom stereocenters. The van der Waals surface area contributed by atoms with E-state index in [4.69, 9.17) is 5.73 Å².